The molecule has 2 aromatic heterocycles. The molecule has 0 radical (unpaired) electrons. The summed E-state index contributed by atoms with van der Waals surface area (Å²) in [7, 11) is 0. The van der Waals surface area contributed by atoms with Crippen molar-refractivity contribution in [2.75, 3.05) is 0 Å². The van der Waals surface area contributed by atoms with Crippen LogP contribution in [0.2, 0.25) is 5.02 Å². The number of hydrogen-bond acceptors (Lipinski definition) is 4. The molecule has 4 nitrogen and oxygen atoms in total. The monoisotopic (exact) mass is 385 g/mol. The minimum Gasteiger partial charge on any atom is -0.265 e. The molecule has 0 fully saturated rings. The fraction of sp³-hybridized carbons (Fsp3) is 0.105. The summed E-state index contributed by atoms with van der Waals surface area (Å²) in [5.41, 5.74) is 1.88. The first-order chi connectivity index (χ1) is 12.5. The molecule has 0 atom stereocenters. The van der Waals surface area contributed by atoms with Crippen LogP contribution in [0.4, 0.5) is 4.39 Å². The van der Waals surface area contributed by atoms with Crippen LogP contribution in [0.15, 0.2) is 53.3 Å². The lowest BCUT2D eigenvalue weighted by Gasteiger charge is -2.09. The van der Waals surface area contributed by atoms with Crippen molar-refractivity contribution in [2.24, 2.45) is 0 Å². The second kappa shape index (κ2) is 6.63. The van der Waals surface area contributed by atoms with Crippen LogP contribution >= 0.6 is 22.9 Å². The second-order valence-electron chi connectivity index (χ2n) is 5.82. The van der Waals surface area contributed by atoms with Gasteiger partial charge in [0.15, 0.2) is 5.52 Å². The lowest BCUT2D eigenvalue weighted by atomic mass is 10.1. The van der Waals surface area contributed by atoms with E-state index < -0.39 is 0 Å². The van der Waals surface area contributed by atoms with Crippen LogP contribution in [0.3, 0.4) is 0 Å². The van der Waals surface area contributed by atoms with Crippen molar-refractivity contribution in [3.8, 4) is 11.3 Å². The third-order valence-electron chi connectivity index (χ3n) is 4.00. The topological polar surface area (TPSA) is 47.8 Å². The molecule has 0 unspecified atom stereocenters. The number of benzene rings is 2. The molecule has 0 aliphatic rings. The molecule has 0 saturated heterocycles. The molecule has 7 heteroatoms. The van der Waals surface area contributed by atoms with E-state index in [0.29, 0.717) is 21.8 Å². The lowest BCUT2D eigenvalue weighted by Crippen LogP contribution is -2.24. The number of halogens is 2. The Labute approximate surface area is 157 Å². The Hall–Kier alpha value is -2.57. The van der Waals surface area contributed by atoms with E-state index in [1.54, 1.807) is 30.3 Å². The van der Waals surface area contributed by atoms with E-state index in [1.165, 1.54) is 22.1 Å². The van der Waals surface area contributed by atoms with Gasteiger partial charge in [0.25, 0.3) is 5.56 Å². The van der Waals surface area contributed by atoms with Crippen molar-refractivity contribution in [3.05, 3.63) is 80.3 Å². The molecule has 0 spiro atoms. The highest BCUT2D eigenvalue weighted by molar-refractivity contribution is 7.19. The van der Waals surface area contributed by atoms with Crippen LogP contribution in [0, 0.1) is 12.7 Å². The summed E-state index contributed by atoms with van der Waals surface area (Å²) in [5, 5.41) is 5.91. The first kappa shape index (κ1) is 16.9. The van der Waals surface area contributed by atoms with Gasteiger partial charge in [-0.05, 0) is 25.1 Å². The van der Waals surface area contributed by atoms with Crippen molar-refractivity contribution in [2.45, 2.75) is 13.5 Å². The molecule has 0 aliphatic heterocycles. The third-order valence-corrected chi connectivity index (χ3v) is 5.23. The van der Waals surface area contributed by atoms with E-state index in [1.807, 2.05) is 19.1 Å². The molecule has 4 rings (SSSR count). The van der Waals surface area contributed by atoms with Crippen molar-refractivity contribution in [1.29, 1.82) is 0 Å². The van der Waals surface area contributed by atoms with Gasteiger partial charge in [0.1, 0.15) is 11.5 Å². The Morgan fingerprint density at radius 3 is 2.62 bits per heavy atom. The zero-order valence-electron chi connectivity index (χ0n) is 13.7. The van der Waals surface area contributed by atoms with Crippen LogP contribution in [-0.2, 0) is 6.54 Å². The maximum Gasteiger partial charge on any atom is 0.294 e. The smallest absolute Gasteiger partial charge is 0.265 e. The minimum atomic E-state index is -0.371. The van der Waals surface area contributed by atoms with Crippen LogP contribution in [-0.4, -0.2) is 14.8 Å². The summed E-state index contributed by atoms with van der Waals surface area (Å²) in [6.07, 6.45) is 0. The molecule has 130 valence electrons. The molecular weight excluding hydrogens is 373 g/mol. The van der Waals surface area contributed by atoms with E-state index >= 15 is 0 Å². The van der Waals surface area contributed by atoms with Gasteiger partial charge in [0.05, 0.1) is 16.3 Å². The molecule has 0 N–H and O–H groups in total. The Balaban J connectivity index is 1.94. The van der Waals surface area contributed by atoms with Gasteiger partial charge in [-0.15, -0.1) is 11.3 Å². The van der Waals surface area contributed by atoms with Gasteiger partial charge in [0, 0.05) is 16.1 Å². The summed E-state index contributed by atoms with van der Waals surface area (Å²) < 4.78 is 16.0. The van der Waals surface area contributed by atoms with E-state index in [9.17, 15) is 9.18 Å². The van der Waals surface area contributed by atoms with Crippen molar-refractivity contribution in [1.82, 2.24) is 14.8 Å². The molecule has 0 amide bonds. The summed E-state index contributed by atoms with van der Waals surface area (Å²) in [5.74, 6) is -0.371. The Kier molecular flexibility index (Phi) is 4.30. The first-order valence-corrected chi connectivity index (χ1v) is 9.10. The van der Waals surface area contributed by atoms with Gasteiger partial charge in [0.2, 0.25) is 0 Å². The SMILES string of the molecule is Cc1nc2c(=O)n(Cc3ccccc3F)nc(-c3ccc(Cl)cc3)c2s1. The molecular formula is C19H13ClFN3OS. The highest BCUT2D eigenvalue weighted by atomic mass is 35.5. The summed E-state index contributed by atoms with van der Waals surface area (Å²) in [6.45, 7) is 1.88. The van der Waals surface area contributed by atoms with Gasteiger partial charge >= 0.3 is 0 Å². The van der Waals surface area contributed by atoms with Crippen LogP contribution < -0.4 is 5.56 Å². The quantitative estimate of drug-likeness (QED) is 0.515. The predicted molar refractivity (Wildman–Crippen MR) is 102 cm³/mol. The molecule has 2 heterocycles. The number of thiazole rings is 1. The fourth-order valence-corrected chi connectivity index (χ4v) is 3.80. The van der Waals surface area contributed by atoms with Crippen molar-refractivity contribution in [3.63, 3.8) is 0 Å². The third kappa shape index (κ3) is 3.02. The Morgan fingerprint density at radius 1 is 1.15 bits per heavy atom. The summed E-state index contributed by atoms with van der Waals surface area (Å²) in [6, 6.07) is 13.6. The maximum atomic E-state index is 14.0. The van der Waals surface area contributed by atoms with E-state index in [4.69, 9.17) is 11.6 Å². The van der Waals surface area contributed by atoms with Gasteiger partial charge in [-0.25, -0.2) is 14.1 Å². The largest absolute Gasteiger partial charge is 0.294 e. The molecule has 0 saturated carbocycles. The minimum absolute atomic E-state index is 0.0403. The lowest BCUT2D eigenvalue weighted by molar-refractivity contribution is 0.576. The molecule has 2 aromatic carbocycles. The predicted octanol–water partition coefficient (Wildman–Crippen LogP) is 4.67. The zero-order valence-corrected chi connectivity index (χ0v) is 15.3. The number of nitrogens with zero attached hydrogens (tertiary/aromatic N) is 3. The van der Waals surface area contributed by atoms with Crippen LogP contribution in [0.1, 0.15) is 10.6 Å². The number of aryl methyl sites for hydroxylation is 1. The molecule has 0 bridgehead atoms. The first-order valence-electron chi connectivity index (χ1n) is 7.90. The number of hydrogen-bond donors (Lipinski definition) is 0. The maximum absolute atomic E-state index is 14.0. The fourth-order valence-electron chi connectivity index (χ4n) is 2.76. The summed E-state index contributed by atoms with van der Waals surface area (Å²) >= 11 is 7.39. The average molecular weight is 386 g/mol. The van der Waals surface area contributed by atoms with Gasteiger partial charge in [-0.2, -0.15) is 5.10 Å². The Bertz CT molecular complexity index is 1170. The summed E-state index contributed by atoms with van der Waals surface area (Å²) in [4.78, 5) is 17.2. The van der Waals surface area contributed by atoms with Crippen molar-refractivity contribution < 1.29 is 4.39 Å². The number of rotatable bonds is 3. The van der Waals surface area contributed by atoms with Gasteiger partial charge < -0.3 is 0 Å². The highest BCUT2D eigenvalue weighted by Crippen LogP contribution is 2.30. The second-order valence-corrected chi connectivity index (χ2v) is 7.46. The highest BCUT2D eigenvalue weighted by Gasteiger charge is 2.17. The standard InChI is InChI=1S/C19H13ClFN3OS/c1-11-22-17-18(26-11)16(12-6-8-14(20)9-7-12)23-24(19(17)25)10-13-4-2-3-5-15(13)21/h2-9H,10H2,1H3. The normalized spacial score (nSPS) is 11.2. The number of fused-ring (bicyclic) bond motifs is 1. The number of aromatic nitrogens is 3. The molecule has 4 aromatic rings. The van der Waals surface area contributed by atoms with E-state index in [0.717, 1.165) is 15.3 Å². The van der Waals surface area contributed by atoms with E-state index in [-0.39, 0.29) is 17.9 Å². The van der Waals surface area contributed by atoms with Gasteiger partial charge in [-0.1, -0.05) is 41.9 Å². The molecule has 26 heavy (non-hydrogen) atoms. The Morgan fingerprint density at radius 2 is 1.88 bits per heavy atom. The van der Waals surface area contributed by atoms with E-state index in [2.05, 4.69) is 10.1 Å². The van der Waals surface area contributed by atoms with Crippen molar-refractivity contribution >= 4 is 33.2 Å². The average Bonchev–Trinajstić information content (AvgIpc) is 3.02. The zero-order chi connectivity index (χ0) is 18.3. The van der Waals surface area contributed by atoms with Crippen LogP contribution in [0.25, 0.3) is 21.5 Å². The van der Waals surface area contributed by atoms with Gasteiger partial charge in [-0.3, -0.25) is 4.79 Å². The molecule has 0 aliphatic carbocycles. The van der Waals surface area contributed by atoms with Crippen LogP contribution in [0.5, 0.6) is 0 Å².